The Labute approximate surface area is 148 Å². The summed E-state index contributed by atoms with van der Waals surface area (Å²) in [6, 6.07) is 9.98. The van der Waals surface area contributed by atoms with Crippen LogP contribution in [0, 0.1) is 0 Å². The lowest BCUT2D eigenvalue weighted by molar-refractivity contribution is 0.194. The molecule has 0 saturated carbocycles. The average molecular weight is 343 g/mol. The fraction of sp³-hybridized carbons (Fsp3) is 0.444. The summed E-state index contributed by atoms with van der Waals surface area (Å²) in [5.41, 5.74) is 1.17. The van der Waals surface area contributed by atoms with Crippen molar-refractivity contribution < 1.29 is 9.53 Å². The number of nitrogens with zero attached hydrogens (tertiary/aromatic N) is 4. The highest BCUT2D eigenvalue weighted by Crippen LogP contribution is 2.20. The number of methoxy groups -OCH3 is 1. The number of aryl methyl sites for hydroxylation is 1. The minimum Gasteiger partial charge on any atom is -0.497 e. The van der Waals surface area contributed by atoms with Crippen LogP contribution < -0.4 is 15.0 Å². The molecule has 0 spiro atoms. The molecule has 1 aromatic carbocycles. The van der Waals surface area contributed by atoms with E-state index >= 15 is 0 Å². The van der Waals surface area contributed by atoms with Crippen LogP contribution in [-0.4, -0.2) is 60.5 Å². The summed E-state index contributed by atoms with van der Waals surface area (Å²) in [7, 11) is 1.67. The van der Waals surface area contributed by atoms with E-state index < -0.39 is 0 Å². The Morgan fingerprint density at radius 2 is 1.96 bits per heavy atom. The molecule has 0 radical (unpaired) electrons. The molecule has 134 valence electrons. The van der Waals surface area contributed by atoms with Gasteiger partial charge in [0, 0.05) is 57.3 Å². The van der Waals surface area contributed by atoms with Crippen molar-refractivity contribution in [3.8, 4) is 5.75 Å². The maximum absolute atomic E-state index is 12.2. The predicted molar refractivity (Wildman–Crippen MR) is 97.0 cm³/mol. The van der Waals surface area contributed by atoms with Gasteiger partial charge in [0.05, 0.1) is 7.11 Å². The highest BCUT2D eigenvalue weighted by atomic mass is 16.5. The number of carbonyl (C=O) groups excluding carboxylic acids is 1. The standard InChI is InChI=1S/C18H25N5O2/c1-25-17-6-4-16(5-7-17)21-12-14-22(15-13-21)18(24)19-8-2-10-23-11-3-9-20-23/h3-7,9,11H,2,8,10,12-15H2,1H3,(H,19,24). The van der Waals surface area contributed by atoms with Gasteiger partial charge in [0.15, 0.2) is 0 Å². The molecule has 2 heterocycles. The zero-order valence-electron chi connectivity index (χ0n) is 14.6. The Morgan fingerprint density at radius 1 is 1.20 bits per heavy atom. The van der Waals surface area contributed by atoms with E-state index in [-0.39, 0.29) is 6.03 Å². The van der Waals surface area contributed by atoms with Crippen LogP contribution >= 0.6 is 0 Å². The number of amides is 2. The second-order valence-electron chi connectivity index (χ2n) is 6.03. The molecule has 1 aliphatic heterocycles. The normalized spacial score (nSPS) is 14.4. The molecule has 1 N–H and O–H groups in total. The number of anilines is 1. The van der Waals surface area contributed by atoms with Crippen molar-refractivity contribution in [2.24, 2.45) is 0 Å². The van der Waals surface area contributed by atoms with Crippen LogP contribution in [0.3, 0.4) is 0 Å². The molecule has 2 amide bonds. The Hall–Kier alpha value is -2.70. The van der Waals surface area contributed by atoms with Gasteiger partial charge in [-0.05, 0) is 36.8 Å². The van der Waals surface area contributed by atoms with Crippen LogP contribution in [0.4, 0.5) is 10.5 Å². The van der Waals surface area contributed by atoms with E-state index in [0.29, 0.717) is 6.54 Å². The number of hydrogen-bond acceptors (Lipinski definition) is 4. The largest absolute Gasteiger partial charge is 0.497 e. The van der Waals surface area contributed by atoms with E-state index in [4.69, 9.17) is 4.74 Å². The van der Waals surface area contributed by atoms with E-state index in [1.165, 1.54) is 5.69 Å². The second kappa shape index (κ2) is 8.41. The number of rotatable bonds is 6. The molecule has 1 aliphatic rings. The number of hydrogen-bond donors (Lipinski definition) is 1. The fourth-order valence-electron chi connectivity index (χ4n) is 2.94. The van der Waals surface area contributed by atoms with Crippen LogP contribution in [0.5, 0.6) is 5.75 Å². The summed E-state index contributed by atoms with van der Waals surface area (Å²) >= 11 is 0. The molecule has 1 saturated heterocycles. The topological polar surface area (TPSA) is 62.6 Å². The van der Waals surface area contributed by atoms with Crippen LogP contribution in [0.2, 0.25) is 0 Å². The molecule has 3 rings (SSSR count). The Bertz CT molecular complexity index is 649. The van der Waals surface area contributed by atoms with Crippen LogP contribution in [0.15, 0.2) is 42.7 Å². The van der Waals surface area contributed by atoms with Gasteiger partial charge in [0.2, 0.25) is 0 Å². The smallest absolute Gasteiger partial charge is 0.317 e. The van der Waals surface area contributed by atoms with Gasteiger partial charge in [-0.25, -0.2) is 4.79 Å². The van der Waals surface area contributed by atoms with Gasteiger partial charge in [-0.15, -0.1) is 0 Å². The van der Waals surface area contributed by atoms with Crippen LogP contribution in [0.25, 0.3) is 0 Å². The minimum atomic E-state index is 0.0230. The van der Waals surface area contributed by atoms with E-state index in [2.05, 4.69) is 27.4 Å². The molecule has 0 bridgehead atoms. The number of nitrogens with one attached hydrogen (secondary N) is 1. The highest BCUT2D eigenvalue weighted by molar-refractivity contribution is 5.74. The molecular formula is C18H25N5O2. The summed E-state index contributed by atoms with van der Waals surface area (Å²) in [4.78, 5) is 16.4. The molecular weight excluding hydrogens is 318 g/mol. The monoisotopic (exact) mass is 343 g/mol. The maximum atomic E-state index is 12.2. The van der Waals surface area contributed by atoms with Crippen molar-refractivity contribution in [2.75, 3.05) is 44.7 Å². The lowest BCUT2D eigenvalue weighted by Gasteiger charge is -2.36. The Balaban J connectivity index is 1.38. The summed E-state index contributed by atoms with van der Waals surface area (Å²) in [5.74, 6) is 0.858. The Kier molecular flexibility index (Phi) is 5.77. The third-order valence-electron chi connectivity index (χ3n) is 4.40. The highest BCUT2D eigenvalue weighted by Gasteiger charge is 2.20. The number of carbonyl (C=O) groups is 1. The molecule has 0 aliphatic carbocycles. The number of benzene rings is 1. The third kappa shape index (κ3) is 4.65. The first-order valence-electron chi connectivity index (χ1n) is 8.65. The minimum absolute atomic E-state index is 0.0230. The zero-order valence-corrected chi connectivity index (χ0v) is 14.6. The van der Waals surface area contributed by atoms with Gasteiger partial charge in [-0.3, -0.25) is 4.68 Å². The van der Waals surface area contributed by atoms with Crippen molar-refractivity contribution in [3.05, 3.63) is 42.7 Å². The number of aromatic nitrogens is 2. The predicted octanol–water partition coefficient (Wildman–Crippen LogP) is 1.81. The van der Waals surface area contributed by atoms with E-state index in [0.717, 1.165) is 44.9 Å². The van der Waals surface area contributed by atoms with E-state index in [1.807, 2.05) is 34.0 Å². The summed E-state index contributed by atoms with van der Waals surface area (Å²) in [6.07, 6.45) is 4.57. The van der Waals surface area contributed by atoms with Crippen molar-refractivity contribution >= 4 is 11.7 Å². The lowest BCUT2D eigenvalue weighted by Crippen LogP contribution is -2.52. The SMILES string of the molecule is COc1ccc(N2CCN(C(=O)NCCCn3cccn3)CC2)cc1. The molecule has 25 heavy (non-hydrogen) atoms. The summed E-state index contributed by atoms with van der Waals surface area (Å²) < 4.78 is 7.07. The quantitative estimate of drug-likeness (QED) is 0.813. The lowest BCUT2D eigenvalue weighted by atomic mass is 10.2. The summed E-state index contributed by atoms with van der Waals surface area (Å²) in [6.45, 7) is 4.63. The van der Waals surface area contributed by atoms with Crippen LogP contribution in [0.1, 0.15) is 6.42 Å². The van der Waals surface area contributed by atoms with Gasteiger partial charge in [0.25, 0.3) is 0 Å². The van der Waals surface area contributed by atoms with E-state index in [9.17, 15) is 4.79 Å². The fourth-order valence-corrected chi connectivity index (χ4v) is 2.94. The van der Waals surface area contributed by atoms with Crippen molar-refractivity contribution in [3.63, 3.8) is 0 Å². The first kappa shape index (κ1) is 17.1. The van der Waals surface area contributed by atoms with Crippen molar-refractivity contribution in [2.45, 2.75) is 13.0 Å². The molecule has 1 aromatic heterocycles. The molecule has 7 heteroatoms. The van der Waals surface area contributed by atoms with Gasteiger partial charge in [0.1, 0.15) is 5.75 Å². The number of ether oxygens (including phenoxy) is 1. The average Bonchev–Trinajstić information content (AvgIpc) is 3.19. The molecule has 0 atom stereocenters. The summed E-state index contributed by atoms with van der Waals surface area (Å²) in [5, 5.41) is 7.15. The van der Waals surface area contributed by atoms with Crippen molar-refractivity contribution in [1.82, 2.24) is 20.0 Å². The first-order chi connectivity index (χ1) is 12.3. The van der Waals surface area contributed by atoms with Crippen molar-refractivity contribution in [1.29, 1.82) is 0 Å². The maximum Gasteiger partial charge on any atom is 0.317 e. The molecule has 1 fully saturated rings. The zero-order chi connectivity index (χ0) is 17.5. The second-order valence-corrected chi connectivity index (χ2v) is 6.03. The van der Waals surface area contributed by atoms with Gasteiger partial charge >= 0.3 is 6.03 Å². The third-order valence-corrected chi connectivity index (χ3v) is 4.40. The number of piperazine rings is 1. The molecule has 2 aromatic rings. The van der Waals surface area contributed by atoms with Crippen LogP contribution in [-0.2, 0) is 6.54 Å². The Morgan fingerprint density at radius 3 is 2.60 bits per heavy atom. The number of urea groups is 1. The molecule has 0 unspecified atom stereocenters. The molecule has 7 nitrogen and oxygen atoms in total. The van der Waals surface area contributed by atoms with Gasteiger partial charge in [-0.2, -0.15) is 5.10 Å². The van der Waals surface area contributed by atoms with Gasteiger partial charge < -0.3 is 19.9 Å². The van der Waals surface area contributed by atoms with Gasteiger partial charge in [-0.1, -0.05) is 0 Å². The van der Waals surface area contributed by atoms with E-state index in [1.54, 1.807) is 13.3 Å². The first-order valence-corrected chi connectivity index (χ1v) is 8.65.